The van der Waals surface area contributed by atoms with E-state index in [1.807, 2.05) is 32.0 Å². The van der Waals surface area contributed by atoms with Gasteiger partial charge in [0.15, 0.2) is 9.84 Å². The molecule has 0 atom stereocenters. The third kappa shape index (κ3) is 3.35. The SMILES string of the molecule is Cc1cc(C)cc(CS(=O)(=O)c2ccc(N)cc2)c1. The summed E-state index contributed by atoms with van der Waals surface area (Å²) >= 11 is 0. The Hall–Kier alpha value is -1.81. The summed E-state index contributed by atoms with van der Waals surface area (Å²) in [6.07, 6.45) is 0. The molecule has 2 rings (SSSR count). The lowest BCUT2D eigenvalue weighted by Gasteiger charge is -2.07. The zero-order chi connectivity index (χ0) is 14.0. The van der Waals surface area contributed by atoms with Crippen molar-refractivity contribution in [2.45, 2.75) is 24.5 Å². The highest BCUT2D eigenvalue weighted by molar-refractivity contribution is 7.90. The number of nitrogens with two attached hydrogens (primary N) is 1. The molecule has 0 saturated carbocycles. The lowest BCUT2D eigenvalue weighted by atomic mass is 10.1. The monoisotopic (exact) mass is 275 g/mol. The molecule has 2 N–H and O–H groups in total. The van der Waals surface area contributed by atoms with E-state index in [1.54, 1.807) is 24.3 Å². The number of benzene rings is 2. The van der Waals surface area contributed by atoms with E-state index in [1.165, 1.54) is 0 Å². The second-order valence-electron chi connectivity index (χ2n) is 4.82. The van der Waals surface area contributed by atoms with Crippen LogP contribution in [-0.4, -0.2) is 8.42 Å². The summed E-state index contributed by atoms with van der Waals surface area (Å²) in [7, 11) is -3.32. The first kappa shape index (κ1) is 13.6. The largest absolute Gasteiger partial charge is 0.399 e. The summed E-state index contributed by atoms with van der Waals surface area (Å²) in [4.78, 5) is 0.306. The van der Waals surface area contributed by atoms with Crippen molar-refractivity contribution in [1.29, 1.82) is 0 Å². The van der Waals surface area contributed by atoms with E-state index in [4.69, 9.17) is 5.73 Å². The Bertz CT molecular complexity index is 668. The molecule has 100 valence electrons. The molecule has 3 nitrogen and oxygen atoms in total. The summed E-state index contributed by atoms with van der Waals surface area (Å²) < 4.78 is 24.6. The van der Waals surface area contributed by atoms with Gasteiger partial charge in [-0.1, -0.05) is 29.3 Å². The Balaban J connectivity index is 2.33. The van der Waals surface area contributed by atoms with Crippen LogP contribution >= 0.6 is 0 Å². The van der Waals surface area contributed by atoms with Crippen molar-refractivity contribution in [2.24, 2.45) is 0 Å². The van der Waals surface area contributed by atoms with Crippen LogP contribution in [0.5, 0.6) is 0 Å². The highest BCUT2D eigenvalue weighted by Gasteiger charge is 2.15. The van der Waals surface area contributed by atoms with Crippen molar-refractivity contribution in [3.63, 3.8) is 0 Å². The average molecular weight is 275 g/mol. The summed E-state index contributed by atoms with van der Waals surface area (Å²) in [5, 5.41) is 0. The number of aryl methyl sites for hydroxylation is 2. The third-order valence-electron chi connectivity index (χ3n) is 2.88. The van der Waals surface area contributed by atoms with Crippen molar-refractivity contribution in [3.05, 3.63) is 59.2 Å². The molecular formula is C15H17NO2S. The van der Waals surface area contributed by atoms with Crippen LogP contribution in [0, 0.1) is 13.8 Å². The molecule has 0 amide bonds. The number of sulfone groups is 1. The summed E-state index contributed by atoms with van der Waals surface area (Å²) in [6.45, 7) is 3.93. The number of hydrogen-bond donors (Lipinski definition) is 1. The Morgan fingerprint density at radius 1 is 0.947 bits per heavy atom. The van der Waals surface area contributed by atoms with E-state index in [0.717, 1.165) is 16.7 Å². The molecule has 0 radical (unpaired) electrons. The second-order valence-corrected chi connectivity index (χ2v) is 6.81. The lowest BCUT2D eigenvalue weighted by molar-refractivity contribution is 0.595. The van der Waals surface area contributed by atoms with Crippen molar-refractivity contribution < 1.29 is 8.42 Å². The maximum Gasteiger partial charge on any atom is 0.182 e. The van der Waals surface area contributed by atoms with E-state index in [-0.39, 0.29) is 5.75 Å². The zero-order valence-corrected chi connectivity index (χ0v) is 11.9. The fraction of sp³-hybridized carbons (Fsp3) is 0.200. The molecule has 0 bridgehead atoms. The molecule has 2 aromatic rings. The molecular weight excluding hydrogens is 258 g/mol. The minimum absolute atomic E-state index is 0.0133. The minimum atomic E-state index is -3.32. The van der Waals surface area contributed by atoms with Crippen LogP contribution in [0.4, 0.5) is 5.69 Å². The predicted octanol–water partition coefficient (Wildman–Crippen LogP) is 2.86. The van der Waals surface area contributed by atoms with E-state index >= 15 is 0 Å². The highest BCUT2D eigenvalue weighted by atomic mass is 32.2. The second kappa shape index (κ2) is 5.05. The minimum Gasteiger partial charge on any atom is -0.399 e. The van der Waals surface area contributed by atoms with Gasteiger partial charge in [-0.2, -0.15) is 0 Å². The Morgan fingerprint density at radius 3 is 2.00 bits per heavy atom. The summed E-state index contributed by atoms with van der Waals surface area (Å²) in [6, 6.07) is 12.1. The van der Waals surface area contributed by atoms with Gasteiger partial charge >= 0.3 is 0 Å². The maximum absolute atomic E-state index is 12.3. The van der Waals surface area contributed by atoms with Gasteiger partial charge in [0.1, 0.15) is 0 Å². The van der Waals surface area contributed by atoms with Crippen LogP contribution in [0.15, 0.2) is 47.4 Å². The van der Waals surface area contributed by atoms with Crippen LogP contribution in [-0.2, 0) is 15.6 Å². The lowest BCUT2D eigenvalue weighted by Crippen LogP contribution is -2.05. The summed E-state index contributed by atoms with van der Waals surface area (Å²) in [5.41, 5.74) is 9.09. The van der Waals surface area contributed by atoms with E-state index < -0.39 is 9.84 Å². The predicted molar refractivity (Wildman–Crippen MR) is 77.7 cm³/mol. The summed E-state index contributed by atoms with van der Waals surface area (Å²) in [5.74, 6) is 0.0133. The third-order valence-corrected chi connectivity index (χ3v) is 4.58. The molecule has 0 aromatic heterocycles. The quantitative estimate of drug-likeness (QED) is 0.876. The molecule has 0 fully saturated rings. The molecule has 2 aromatic carbocycles. The van der Waals surface area contributed by atoms with Gasteiger partial charge in [0.05, 0.1) is 10.6 Å². The molecule has 0 saturated heterocycles. The van der Waals surface area contributed by atoms with E-state index in [0.29, 0.717) is 10.6 Å². The number of nitrogen functional groups attached to an aromatic ring is 1. The molecule has 0 aliphatic carbocycles. The maximum atomic E-state index is 12.3. The molecule has 0 spiro atoms. The first-order chi connectivity index (χ1) is 8.87. The van der Waals surface area contributed by atoms with Crippen molar-refractivity contribution in [3.8, 4) is 0 Å². The van der Waals surface area contributed by atoms with Crippen molar-refractivity contribution in [1.82, 2.24) is 0 Å². The van der Waals surface area contributed by atoms with Crippen LogP contribution < -0.4 is 5.73 Å². The van der Waals surface area contributed by atoms with Gasteiger partial charge in [-0.15, -0.1) is 0 Å². The molecule has 0 aliphatic heterocycles. The van der Waals surface area contributed by atoms with Crippen molar-refractivity contribution in [2.75, 3.05) is 5.73 Å². The first-order valence-corrected chi connectivity index (χ1v) is 7.67. The normalized spacial score (nSPS) is 11.5. The highest BCUT2D eigenvalue weighted by Crippen LogP contribution is 2.19. The number of hydrogen-bond acceptors (Lipinski definition) is 3. The first-order valence-electron chi connectivity index (χ1n) is 6.02. The van der Waals surface area contributed by atoms with Crippen LogP contribution in [0.1, 0.15) is 16.7 Å². The van der Waals surface area contributed by atoms with Gasteiger partial charge in [-0.3, -0.25) is 0 Å². The Kier molecular flexibility index (Phi) is 3.62. The fourth-order valence-corrected chi connectivity index (χ4v) is 3.45. The van der Waals surface area contributed by atoms with Gasteiger partial charge in [-0.25, -0.2) is 8.42 Å². The molecule has 0 aliphatic rings. The van der Waals surface area contributed by atoms with Crippen LogP contribution in [0.25, 0.3) is 0 Å². The van der Waals surface area contributed by atoms with Gasteiger partial charge in [0.2, 0.25) is 0 Å². The average Bonchev–Trinajstić information content (AvgIpc) is 2.27. The van der Waals surface area contributed by atoms with Crippen LogP contribution in [0.3, 0.4) is 0 Å². The van der Waals surface area contributed by atoms with Gasteiger partial charge in [0.25, 0.3) is 0 Å². The molecule has 0 unspecified atom stereocenters. The number of anilines is 1. The van der Waals surface area contributed by atoms with E-state index in [2.05, 4.69) is 0 Å². The van der Waals surface area contributed by atoms with Gasteiger partial charge in [-0.05, 0) is 43.7 Å². The molecule has 0 heterocycles. The smallest absolute Gasteiger partial charge is 0.182 e. The van der Waals surface area contributed by atoms with Crippen molar-refractivity contribution >= 4 is 15.5 Å². The Labute approximate surface area is 114 Å². The Morgan fingerprint density at radius 2 is 1.47 bits per heavy atom. The van der Waals surface area contributed by atoms with Crippen LogP contribution in [0.2, 0.25) is 0 Å². The fourth-order valence-electron chi connectivity index (χ4n) is 2.13. The standard InChI is InChI=1S/C15H17NO2S/c1-11-7-12(2)9-13(8-11)10-19(17,18)15-5-3-14(16)4-6-15/h3-9H,10,16H2,1-2H3. The van der Waals surface area contributed by atoms with Gasteiger partial charge in [0, 0.05) is 5.69 Å². The topological polar surface area (TPSA) is 60.2 Å². The zero-order valence-electron chi connectivity index (χ0n) is 11.1. The van der Waals surface area contributed by atoms with Gasteiger partial charge < -0.3 is 5.73 Å². The molecule has 4 heteroatoms. The van der Waals surface area contributed by atoms with E-state index in [9.17, 15) is 8.42 Å². The molecule has 19 heavy (non-hydrogen) atoms. The number of rotatable bonds is 3.